The number of amides is 1. The van der Waals surface area contributed by atoms with Crippen LogP contribution in [-0.4, -0.2) is 31.5 Å². The molecule has 3 heteroatoms. The molecule has 100 valence electrons. The standard InChI is InChI=1S/C14H29NOSi/c1-6-8-10-12-13(17(3,4)5)14(16)15(12)11-9-7-2/h12-13H,6-11H2,1-5H3/t12-,13-/m1/s1. The minimum Gasteiger partial charge on any atom is -0.339 e. The number of rotatable bonds is 7. The zero-order chi connectivity index (χ0) is 13.1. The van der Waals surface area contributed by atoms with Crippen molar-refractivity contribution in [3.8, 4) is 0 Å². The molecule has 2 atom stereocenters. The van der Waals surface area contributed by atoms with Crippen molar-refractivity contribution < 1.29 is 4.79 Å². The van der Waals surface area contributed by atoms with Gasteiger partial charge in [0, 0.05) is 12.6 Å². The molecule has 1 heterocycles. The molecule has 0 aliphatic carbocycles. The number of hydrogen-bond donors (Lipinski definition) is 0. The molecule has 2 nitrogen and oxygen atoms in total. The first-order valence-corrected chi connectivity index (χ1v) is 10.8. The summed E-state index contributed by atoms with van der Waals surface area (Å²) >= 11 is 0. The summed E-state index contributed by atoms with van der Waals surface area (Å²) in [5, 5.41) is 0. The number of carbonyl (C=O) groups excluding carboxylic acids is 1. The third-order valence-corrected chi connectivity index (χ3v) is 6.37. The largest absolute Gasteiger partial charge is 0.339 e. The van der Waals surface area contributed by atoms with Gasteiger partial charge in [0.1, 0.15) is 0 Å². The lowest BCUT2D eigenvalue weighted by atomic mass is 9.95. The van der Waals surface area contributed by atoms with E-state index < -0.39 is 8.07 Å². The third kappa shape index (κ3) is 3.33. The summed E-state index contributed by atoms with van der Waals surface area (Å²) in [6.45, 7) is 12.4. The van der Waals surface area contributed by atoms with Crippen molar-refractivity contribution in [1.82, 2.24) is 4.90 Å². The Kier molecular flexibility index (Phi) is 5.23. The van der Waals surface area contributed by atoms with Crippen LogP contribution in [0.4, 0.5) is 0 Å². The van der Waals surface area contributed by atoms with Crippen molar-refractivity contribution in [2.75, 3.05) is 6.54 Å². The maximum absolute atomic E-state index is 12.2. The first-order valence-electron chi connectivity index (χ1n) is 7.24. The van der Waals surface area contributed by atoms with Gasteiger partial charge in [-0.15, -0.1) is 0 Å². The number of β-lactam (4-membered cyclic amide) rings is 1. The predicted octanol–water partition coefficient (Wildman–Crippen LogP) is 3.90. The summed E-state index contributed by atoms with van der Waals surface area (Å²) in [5.74, 6) is 0.457. The van der Waals surface area contributed by atoms with Crippen molar-refractivity contribution in [1.29, 1.82) is 0 Å². The molecule has 0 aromatic rings. The van der Waals surface area contributed by atoms with Gasteiger partial charge in [0.15, 0.2) is 0 Å². The number of likely N-dealkylation sites (tertiary alicyclic amines) is 1. The van der Waals surface area contributed by atoms with E-state index in [2.05, 4.69) is 38.4 Å². The van der Waals surface area contributed by atoms with Crippen molar-refractivity contribution in [3.05, 3.63) is 0 Å². The van der Waals surface area contributed by atoms with Gasteiger partial charge in [-0.05, 0) is 12.8 Å². The van der Waals surface area contributed by atoms with Gasteiger partial charge < -0.3 is 4.90 Å². The van der Waals surface area contributed by atoms with Crippen molar-refractivity contribution in [3.63, 3.8) is 0 Å². The highest BCUT2D eigenvalue weighted by Crippen LogP contribution is 2.42. The number of unbranched alkanes of at least 4 members (excludes halogenated alkanes) is 2. The lowest BCUT2D eigenvalue weighted by molar-refractivity contribution is -0.146. The maximum atomic E-state index is 12.2. The van der Waals surface area contributed by atoms with E-state index in [4.69, 9.17) is 0 Å². The Bertz CT molecular complexity index is 259. The van der Waals surface area contributed by atoms with Gasteiger partial charge in [0.25, 0.3) is 0 Å². The molecule has 1 saturated heterocycles. The Morgan fingerprint density at radius 1 is 1.12 bits per heavy atom. The molecular weight excluding hydrogens is 226 g/mol. The highest BCUT2D eigenvalue weighted by molar-refractivity contribution is 6.81. The van der Waals surface area contributed by atoms with Crippen LogP contribution in [0.15, 0.2) is 0 Å². The Morgan fingerprint density at radius 2 is 1.71 bits per heavy atom. The van der Waals surface area contributed by atoms with Gasteiger partial charge in [-0.25, -0.2) is 0 Å². The molecular formula is C14H29NOSi. The van der Waals surface area contributed by atoms with Crippen molar-refractivity contribution >= 4 is 14.0 Å². The molecule has 1 amide bonds. The van der Waals surface area contributed by atoms with E-state index in [1.165, 1.54) is 25.7 Å². The van der Waals surface area contributed by atoms with E-state index in [-0.39, 0.29) is 0 Å². The van der Waals surface area contributed by atoms with Gasteiger partial charge in [0.05, 0.1) is 13.6 Å². The minimum atomic E-state index is -1.32. The fraction of sp³-hybridized carbons (Fsp3) is 0.929. The van der Waals surface area contributed by atoms with Gasteiger partial charge in [0.2, 0.25) is 5.91 Å². The van der Waals surface area contributed by atoms with E-state index in [1.807, 2.05) is 0 Å². The van der Waals surface area contributed by atoms with E-state index in [0.717, 1.165) is 13.0 Å². The molecule has 0 saturated carbocycles. The first kappa shape index (κ1) is 14.7. The van der Waals surface area contributed by atoms with Gasteiger partial charge in [-0.3, -0.25) is 4.79 Å². The molecule has 17 heavy (non-hydrogen) atoms. The van der Waals surface area contributed by atoms with Crippen LogP contribution in [0.1, 0.15) is 46.0 Å². The number of nitrogens with zero attached hydrogens (tertiary/aromatic N) is 1. The summed E-state index contributed by atoms with van der Waals surface area (Å²) in [7, 11) is -1.32. The quantitative estimate of drug-likeness (QED) is 0.499. The molecule has 0 aromatic carbocycles. The Labute approximate surface area is 108 Å². The first-order chi connectivity index (χ1) is 7.93. The van der Waals surface area contributed by atoms with Crippen LogP contribution in [0.5, 0.6) is 0 Å². The zero-order valence-electron chi connectivity index (χ0n) is 12.3. The molecule has 0 radical (unpaired) electrons. The van der Waals surface area contributed by atoms with Crippen LogP contribution < -0.4 is 0 Å². The fourth-order valence-corrected chi connectivity index (χ4v) is 5.30. The van der Waals surface area contributed by atoms with Crippen molar-refractivity contribution in [2.24, 2.45) is 0 Å². The molecule has 1 aliphatic heterocycles. The van der Waals surface area contributed by atoms with E-state index >= 15 is 0 Å². The zero-order valence-corrected chi connectivity index (χ0v) is 13.3. The van der Waals surface area contributed by atoms with Crippen LogP contribution in [0.25, 0.3) is 0 Å². The third-order valence-electron chi connectivity index (χ3n) is 3.87. The Balaban J connectivity index is 2.63. The van der Waals surface area contributed by atoms with E-state index in [9.17, 15) is 4.79 Å². The van der Waals surface area contributed by atoms with Crippen LogP contribution in [0, 0.1) is 0 Å². The van der Waals surface area contributed by atoms with Crippen LogP contribution >= 0.6 is 0 Å². The normalized spacial score (nSPS) is 25.0. The van der Waals surface area contributed by atoms with Gasteiger partial charge in [-0.2, -0.15) is 0 Å². The predicted molar refractivity (Wildman–Crippen MR) is 77.0 cm³/mol. The highest BCUT2D eigenvalue weighted by atomic mass is 28.3. The molecule has 1 rings (SSSR count). The second-order valence-corrected chi connectivity index (χ2v) is 11.8. The second kappa shape index (κ2) is 6.03. The number of carbonyl (C=O) groups is 1. The molecule has 0 bridgehead atoms. The average Bonchev–Trinajstić information content (AvgIpc) is 2.22. The summed E-state index contributed by atoms with van der Waals surface area (Å²) < 4.78 is 0. The summed E-state index contributed by atoms with van der Waals surface area (Å²) in [4.78, 5) is 14.4. The average molecular weight is 255 g/mol. The lowest BCUT2D eigenvalue weighted by Gasteiger charge is -2.52. The molecule has 1 fully saturated rings. The molecule has 1 aliphatic rings. The Morgan fingerprint density at radius 3 is 2.18 bits per heavy atom. The molecule has 0 unspecified atom stereocenters. The highest BCUT2D eigenvalue weighted by Gasteiger charge is 2.52. The topological polar surface area (TPSA) is 20.3 Å². The number of hydrogen-bond acceptors (Lipinski definition) is 1. The maximum Gasteiger partial charge on any atom is 0.225 e. The monoisotopic (exact) mass is 255 g/mol. The van der Waals surface area contributed by atoms with Crippen molar-refractivity contribution in [2.45, 2.75) is 77.2 Å². The Hall–Kier alpha value is -0.313. The fourth-order valence-electron chi connectivity index (χ4n) is 2.89. The minimum absolute atomic E-state index is 0.394. The van der Waals surface area contributed by atoms with Gasteiger partial charge >= 0.3 is 0 Å². The van der Waals surface area contributed by atoms with E-state index in [1.54, 1.807) is 0 Å². The smallest absolute Gasteiger partial charge is 0.225 e. The van der Waals surface area contributed by atoms with Crippen LogP contribution in [0.3, 0.4) is 0 Å². The second-order valence-electron chi connectivity index (χ2n) is 6.44. The van der Waals surface area contributed by atoms with Crippen LogP contribution in [0.2, 0.25) is 25.2 Å². The lowest BCUT2D eigenvalue weighted by Crippen LogP contribution is -2.64. The molecule has 0 aromatic heterocycles. The molecule has 0 spiro atoms. The van der Waals surface area contributed by atoms with Gasteiger partial charge in [-0.1, -0.05) is 52.8 Å². The van der Waals surface area contributed by atoms with E-state index in [0.29, 0.717) is 17.5 Å². The SMILES string of the molecule is CCCC[C@@H]1[C@@H]([Si](C)(C)C)C(=O)N1CCCC. The summed E-state index contributed by atoms with van der Waals surface area (Å²) in [6, 6.07) is 0.570. The summed E-state index contributed by atoms with van der Waals surface area (Å²) in [5.41, 5.74) is 0.394. The summed E-state index contributed by atoms with van der Waals surface area (Å²) in [6.07, 6.45) is 6.07. The van der Waals surface area contributed by atoms with Crippen LogP contribution in [-0.2, 0) is 4.79 Å². The molecule has 0 N–H and O–H groups in total.